The van der Waals surface area contributed by atoms with Gasteiger partial charge in [0.2, 0.25) is 0 Å². The highest BCUT2D eigenvalue weighted by atomic mass is 35.5. The van der Waals surface area contributed by atoms with E-state index in [0.717, 1.165) is 11.1 Å². The molecule has 4 rings (SSSR count). The maximum absolute atomic E-state index is 13.0. The highest BCUT2D eigenvalue weighted by molar-refractivity contribution is 7.91. The van der Waals surface area contributed by atoms with Gasteiger partial charge in [0, 0.05) is 24.5 Å². The van der Waals surface area contributed by atoms with E-state index in [1.807, 2.05) is 24.3 Å². The quantitative estimate of drug-likeness (QED) is 0.750. The van der Waals surface area contributed by atoms with Crippen molar-refractivity contribution in [2.45, 2.75) is 30.8 Å². The Morgan fingerprint density at radius 2 is 1.75 bits per heavy atom. The Morgan fingerprint density at radius 3 is 2.54 bits per heavy atom. The second kappa shape index (κ2) is 7.85. The molecule has 0 aliphatic carbocycles. The van der Waals surface area contributed by atoms with Gasteiger partial charge in [-0.1, -0.05) is 54.1 Å². The Balaban J connectivity index is 1.51. The first-order valence-corrected chi connectivity index (χ1v) is 11.5. The van der Waals surface area contributed by atoms with Crippen LogP contribution in [-0.2, 0) is 32.4 Å². The van der Waals surface area contributed by atoms with E-state index in [-0.39, 0.29) is 18.2 Å². The maximum Gasteiger partial charge on any atom is 0.252 e. The van der Waals surface area contributed by atoms with E-state index in [1.54, 1.807) is 29.2 Å². The number of rotatable bonds is 2. The largest absolute Gasteiger partial charge is 0.363 e. The average Bonchev–Trinajstić information content (AvgIpc) is 2.85. The van der Waals surface area contributed by atoms with Crippen LogP contribution in [0.5, 0.6) is 0 Å². The highest BCUT2D eigenvalue weighted by Gasteiger charge is 2.36. The smallest absolute Gasteiger partial charge is 0.252 e. The summed E-state index contributed by atoms with van der Waals surface area (Å²) in [5.74, 6) is -0.206. The summed E-state index contributed by atoms with van der Waals surface area (Å²) in [4.78, 5) is 14.6. The molecule has 1 saturated heterocycles. The molecule has 2 aromatic rings. The van der Waals surface area contributed by atoms with Gasteiger partial charge in [-0.25, -0.2) is 8.42 Å². The Kier molecular flexibility index (Phi) is 5.45. The number of hydrogen-bond acceptors (Lipinski definition) is 4. The van der Waals surface area contributed by atoms with Crippen LogP contribution in [-0.4, -0.2) is 44.2 Å². The van der Waals surface area contributed by atoms with Gasteiger partial charge in [-0.3, -0.25) is 4.79 Å². The molecule has 28 heavy (non-hydrogen) atoms. The fourth-order valence-electron chi connectivity index (χ4n) is 3.96. The maximum atomic E-state index is 13.0. The minimum atomic E-state index is -3.40. The molecule has 0 N–H and O–H groups in total. The van der Waals surface area contributed by atoms with Gasteiger partial charge in [-0.2, -0.15) is 0 Å². The number of nitrogens with zero attached hydrogens (tertiary/aromatic N) is 1. The third kappa shape index (κ3) is 3.81. The van der Waals surface area contributed by atoms with Gasteiger partial charge >= 0.3 is 0 Å². The molecule has 1 fully saturated rings. The lowest BCUT2D eigenvalue weighted by molar-refractivity contribution is -0.145. The Hall–Kier alpha value is -1.89. The third-order valence-electron chi connectivity index (χ3n) is 5.54. The van der Waals surface area contributed by atoms with Gasteiger partial charge in [0.25, 0.3) is 5.91 Å². The van der Waals surface area contributed by atoms with Crippen LogP contribution in [0.25, 0.3) is 0 Å². The molecule has 1 amide bonds. The summed E-state index contributed by atoms with van der Waals surface area (Å²) >= 11 is 6.24. The number of sulfone groups is 1. The number of ether oxygens (including phenoxy) is 1. The van der Waals surface area contributed by atoms with E-state index in [2.05, 4.69) is 0 Å². The third-order valence-corrected chi connectivity index (χ3v) is 8.00. The molecule has 5 nitrogen and oxygen atoms in total. The van der Waals surface area contributed by atoms with Gasteiger partial charge < -0.3 is 9.64 Å². The second-order valence-electron chi connectivity index (χ2n) is 7.26. The van der Waals surface area contributed by atoms with Crippen molar-refractivity contribution in [3.05, 3.63) is 70.2 Å². The van der Waals surface area contributed by atoms with Crippen molar-refractivity contribution in [3.63, 3.8) is 0 Å². The van der Waals surface area contributed by atoms with Crippen molar-refractivity contribution in [1.29, 1.82) is 0 Å². The van der Waals surface area contributed by atoms with Crippen molar-refractivity contribution in [2.24, 2.45) is 0 Å². The predicted molar refractivity (Wildman–Crippen MR) is 108 cm³/mol. The van der Waals surface area contributed by atoms with Crippen LogP contribution in [0.2, 0.25) is 5.02 Å². The molecule has 2 heterocycles. The standard InChI is InChI=1S/C21H22ClNO4S/c22-18-8-4-3-7-17(18)20-9-10-23(11-12-28(20,25)26)21(24)19-13-15-5-1-2-6-16(15)14-27-19/h1-8,19-20H,9-14H2/t19-,20-/m1/s1. The Morgan fingerprint density at radius 1 is 1.04 bits per heavy atom. The molecule has 7 heteroatoms. The SMILES string of the molecule is O=C([C@H]1Cc2ccccc2CO1)N1CC[C@H](c2ccccc2Cl)S(=O)(=O)CC1. The number of fused-ring (bicyclic) bond motifs is 1. The summed E-state index contributed by atoms with van der Waals surface area (Å²) in [6.45, 7) is 0.958. The molecule has 2 aromatic carbocycles. The summed E-state index contributed by atoms with van der Waals surface area (Å²) in [6, 6.07) is 15.0. The summed E-state index contributed by atoms with van der Waals surface area (Å²) in [6.07, 6.45) is 0.294. The molecule has 0 saturated carbocycles. The molecule has 0 radical (unpaired) electrons. The fraction of sp³-hybridized carbons (Fsp3) is 0.381. The summed E-state index contributed by atoms with van der Waals surface area (Å²) in [5.41, 5.74) is 2.83. The lowest BCUT2D eigenvalue weighted by Gasteiger charge is -2.29. The van der Waals surface area contributed by atoms with Gasteiger partial charge in [-0.15, -0.1) is 0 Å². The van der Waals surface area contributed by atoms with Crippen LogP contribution in [0.4, 0.5) is 0 Å². The van der Waals surface area contributed by atoms with Gasteiger partial charge in [0.1, 0.15) is 6.10 Å². The minimum absolute atomic E-state index is 0.0715. The van der Waals surface area contributed by atoms with Gasteiger partial charge in [0.15, 0.2) is 9.84 Å². The molecule has 2 atom stereocenters. The van der Waals surface area contributed by atoms with Crippen molar-refractivity contribution >= 4 is 27.3 Å². The van der Waals surface area contributed by atoms with Crippen molar-refractivity contribution < 1.29 is 17.9 Å². The first kappa shape index (κ1) is 19.4. The predicted octanol–water partition coefficient (Wildman–Crippen LogP) is 3.17. The van der Waals surface area contributed by atoms with E-state index >= 15 is 0 Å². The van der Waals surface area contributed by atoms with Crippen LogP contribution in [0.1, 0.15) is 28.4 Å². The molecular weight excluding hydrogens is 398 g/mol. The van der Waals surface area contributed by atoms with Crippen molar-refractivity contribution in [1.82, 2.24) is 4.90 Å². The molecular formula is C21H22ClNO4S. The summed E-state index contributed by atoms with van der Waals surface area (Å²) in [7, 11) is -3.40. The van der Waals surface area contributed by atoms with Gasteiger partial charge in [0.05, 0.1) is 17.6 Å². The van der Waals surface area contributed by atoms with Crippen LogP contribution in [0.3, 0.4) is 0 Å². The van der Waals surface area contributed by atoms with Gasteiger partial charge in [-0.05, 0) is 29.2 Å². The Labute approximate surface area is 170 Å². The number of carbonyl (C=O) groups is 1. The second-order valence-corrected chi connectivity index (χ2v) is 9.97. The number of benzene rings is 2. The lowest BCUT2D eigenvalue weighted by Crippen LogP contribution is -2.44. The van der Waals surface area contributed by atoms with Crippen LogP contribution >= 0.6 is 11.6 Å². The van der Waals surface area contributed by atoms with Crippen molar-refractivity contribution in [3.8, 4) is 0 Å². The highest BCUT2D eigenvalue weighted by Crippen LogP contribution is 2.34. The molecule has 148 valence electrons. The number of hydrogen-bond donors (Lipinski definition) is 0. The zero-order valence-corrected chi connectivity index (χ0v) is 17.0. The minimum Gasteiger partial charge on any atom is -0.363 e. The number of amides is 1. The number of carbonyl (C=O) groups excluding carboxylic acids is 1. The molecule has 0 unspecified atom stereocenters. The van der Waals surface area contributed by atoms with Crippen LogP contribution < -0.4 is 0 Å². The zero-order chi connectivity index (χ0) is 19.7. The van der Waals surface area contributed by atoms with E-state index < -0.39 is 21.2 Å². The molecule has 2 aliphatic heterocycles. The molecule has 0 bridgehead atoms. The first-order chi connectivity index (χ1) is 13.5. The van der Waals surface area contributed by atoms with Crippen LogP contribution in [0.15, 0.2) is 48.5 Å². The topological polar surface area (TPSA) is 63.7 Å². The van der Waals surface area contributed by atoms with E-state index in [9.17, 15) is 13.2 Å². The van der Waals surface area contributed by atoms with Crippen LogP contribution in [0, 0.1) is 0 Å². The summed E-state index contributed by atoms with van der Waals surface area (Å²) in [5, 5.41) is -0.241. The average molecular weight is 420 g/mol. The Bertz CT molecular complexity index is 991. The summed E-state index contributed by atoms with van der Waals surface area (Å²) < 4.78 is 31.5. The molecule has 0 spiro atoms. The van der Waals surface area contributed by atoms with Crippen molar-refractivity contribution in [2.75, 3.05) is 18.8 Å². The van der Waals surface area contributed by atoms with E-state index in [1.165, 1.54) is 0 Å². The van der Waals surface area contributed by atoms with E-state index in [4.69, 9.17) is 16.3 Å². The monoisotopic (exact) mass is 419 g/mol. The first-order valence-electron chi connectivity index (χ1n) is 9.39. The normalized spacial score (nSPS) is 24.2. The zero-order valence-electron chi connectivity index (χ0n) is 15.4. The number of halogens is 1. The molecule has 0 aromatic heterocycles. The molecule has 2 aliphatic rings. The van der Waals surface area contributed by atoms with E-state index in [0.29, 0.717) is 36.6 Å². The lowest BCUT2D eigenvalue weighted by atomic mass is 9.98. The fourth-order valence-corrected chi connectivity index (χ4v) is 6.11.